The topological polar surface area (TPSA) is 81.4 Å². The van der Waals surface area contributed by atoms with Crippen molar-refractivity contribution >= 4 is 23.1 Å². The van der Waals surface area contributed by atoms with Crippen molar-refractivity contribution in [3.05, 3.63) is 48.3 Å². The molecule has 0 spiro atoms. The molecule has 0 amide bonds. The standard InChI is InChI=1S/C24H31N5O4/c1-24(2,3)33-22(30)17-28(16-18-5-7-19(31-4)8-6-18)20-15-21(27-11-13-32-14-12-27)26-29-10-9-25-23(20)29/h5-10,15H,11-14,16-17H2,1-4H3. The van der Waals surface area contributed by atoms with Gasteiger partial charge >= 0.3 is 5.97 Å². The molecule has 1 saturated heterocycles. The summed E-state index contributed by atoms with van der Waals surface area (Å²) in [5, 5.41) is 4.74. The zero-order valence-electron chi connectivity index (χ0n) is 19.7. The molecule has 0 atom stereocenters. The van der Waals surface area contributed by atoms with Crippen molar-refractivity contribution in [2.45, 2.75) is 32.9 Å². The second-order valence-electron chi connectivity index (χ2n) is 8.97. The summed E-state index contributed by atoms with van der Waals surface area (Å²) in [5.74, 6) is 1.31. The fraction of sp³-hybridized carbons (Fsp3) is 0.458. The first-order valence-electron chi connectivity index (χ1n) is 11.1. The Kier molecular flexibility index (Phi) is 6.69. The molecule has 0 unspecified atom stereocenters. The Morgan fingerprint density at radius 2 is 1.91 bits per heavy atom. The van der Waals surface area contributed by atoms with Gasteiger partial charge in [0.1, 0.15) is 17.9 Å². The lowest BCUT2D eigenvalue weighted by Crippen LogP contribution is -2.38. The van der Waals surface area contributed by atoms with Crippen LogP contribution in [0.3, 0.4) is 0 Å². The Morgan fingerprint density at radius 3 is 2.58 bits per heavy atom. The van der Waals surface area contributed by atoms with E-state index in [1.54, 1.807) is 17.8 Å². The summed E-state index contributed by atoms with van der Waals surface area (Å²) >= 11 is 0. The molecule has 1 fully saturated rings. The number of anilines is 2. The normalized spacial score (nSPS) is 14.4. The van der Waals surface area contributed by atoms with E-state index in [1.165, 1.54) is 0 Å². The Bertz CT molecular complexity index is 1080. The number of imidazole rings is 1. The molecule has 9 nitrogen and oxygen atoms in total. The Morgan fingerprint density at radius 1 is 1.18 bits per heavy atom. The molecular weight excluding hydrogens is 422 g/mol. The Hall–Kier alpha value is -3.33. The van der Waals surface area contributed by atoms with Crippen LogP contribution in [0.25, 0.3) is 5.65 Å². The smallest absolute Gasteiger partial charge is 0.326 e. The van der Waals surface area contributed by atoms with Gasteiger partial charge in [-0.2, -0.15) is 0 Å². The summed E-state index contributed by atoms with van der Waals surface area (Å²) in [6, 6.07) is 9.82. The minimum atomic E-state index is -0.567. The lowest BCUT2D eigenvalue weighted by Gasteiger charge is -2.30. The summed E-state index contributed by atoms with van der Waals surface area (Å²) < 4.78 is 18.2. The first-order valence-corrected chi connectivity index (χ1v) is 11.1. The van der Waals surface area contributed by atoms with Crippen LogP contribution in [-0.2, 0) is 20.8 Å². The van der Waals surface area contributed by atoms with Crippen molar-refractivity contribution in [2.75, 3.05) is 49.8 Å². The number of rotatable bonds is 7. The van der Waals surface area contributed by atoms with Crippen LogP contribution in [-0.4, -0.2) is 66.1 Å². The largest absolute Gasteiger partial charge is 0.497 e. The van der Waals surface area contributed by atoms with Crippen molar-refractivity contribution in [3.63, 3.8) is 0 Å². The van der Waals surface area contributed by atoms with Crippen molar-refractivity contribution in [3.8, 4) is 5.75 Å². The number of ether oxygens (including phenoxy) is 3. The molecule has 2 aromatic heterocycles. The number of hydrogen-bond acceptors (Lipinski definition) is 8. The molecule has 9 heteroatoms. The molecule has 0 radical (unpaired) electrons. The summed E-state index contributed by atoms with van der Waals surface area (Å²) in [7, 11) is 1.64. The molecule has 1 aliphatic rings. The van der Waals surface area contributed by atoms with E-state index in [4.69, 9.17) is 19.3 Å². The van der Waals surface area contributed by atoms with E-state index >= 15 is 0 Å². The fourth-order valence-electron chi connectivity index (χ4n) is 3.77. The molecule has 1 aliphatic heterocycles. The highest BCUT2D eigenvalue weighted by Crippen LogP contribution is 2.28. The third kappa shape index (κ3) is 5.73. The molecule has 176 valence electrons. The highest BCUT2D eigenvalue weighted by atomic mass is 16.6. The zero-order chi connectivity index (χ0) is 23.4. The lowest BCUT2D eigenvalue weighted by atomic mass is 10.2. The van der Waals surface area contributed by atoms with Crippen molar-refractivity contribution in [2.24, 2.45) is 0 Å². The van der Waals surface area contributed by atoms with Crippen LogP contribution < -0.4 is 14.5 Å². The van der Waals surface area contributed by atoms with Crippen LogP contribution in [0.15, 0.2) is 42.7 Å². The first-order chi connectivity index (χ1) is 15.8. The number of hydrogen-bond donors (Lipinski definition) is 0. The maximum absolute atomic E-state index is 12.8. The molecule has 3 heterocycles. The van der Waals surface area contributed by atoms with Gasteiger partial charge in [-0.05, 0) is 38.5 Å². The van der Waals surface area contributed by atoms with E-state index < -0.39 is 5.60 Å². The molecular formula is C24H31N5O4. The van der Waals surface area contributed by atoms with Crippen molar-refractivity contribution in [1.82, 2.24) is 14.6 Å². The third-order valence-electron chi connectivity index (χ3n) is 5.28. The molecule has 0 N–H and O–H groups in total. The number of carbonyl (C=O) groups is 1. The SMILES string of the molecule is COc1ccc(CN(CC(=O)OC(C)(C)C)c2cc(N3CCOCC3)nn3ccnc23)cc1. The maximum Gasteiger partial charge on any atom is 0.326 e. The predicted molar refractivity (Wildman–Crippen MR) is 126 cm³/mol. The van der Waals surface area contributed by atoms with E-state index in [9.17, 15) is 4.79 Å². The molecule has 3 aromatic rings. The molecule has 0 bridgehead atoms. The number of morpholine rings is 1. The van der Waals surface area contributed by atoms with Gasteiger partial charge in [0, 0.05) is 38.1 Å². The number of esters is 1. The number of fused-ring (bicyclic) bond motifs is 1. The number of aromatic nitrogens is 3. The van der Waals surface area contributed by atoms with E-state index in [1.807, 2.05) is 62.2 Å². The van der Waals surface area contributed by atoms with E-state index in [2.05, 4.69) is 9.88 Å². The van der Waals surface area contributed by atoms with Gasteiger partial charge in [-0.3, -0.25) is 4.79 Å². The van der Waals surface area contributed by atoms with Gasteiger partial charge in [-0.25, -0.2) is 9.50 Å². The highest BCUT2D eigenvalue weighted by Gasteiger charge is 2.23. The van der Waals surface area contributed by atoms with Gasteiger partial charge in [0.2, 0.25) is 0 Å². The molecule has 33 heavy (non-hydrogen) atoms. The average molecular weight is 454 g/mol. The van der Waals surface area contributed by atoms with Crippen LogP contribution in [0.4, 0.5) is 11.5 Å². The van der Waals surface area contributed by atoms with Crippen LogP contribution in [0.1, 0.15) is 26.3 Å². The zero-order valence-corrected chi connectivity index (χ0v) is 19.7. The number of methoxy groups -OCH3 is 1. The summed E-state index contributed by atoms with van der Waals surface area (Å²) in [6.07, 6.45) is 3.54. The van der Waals surface area contributed by atoms with Gasteiger partial charge in [0.25, 0.3) is 0 Å². The quantitative estimate of drug-likeness (QED) is 0.505. The van der Waals surface area contributed by atoms with Gasteiger partial charge in [0.05, 0.1) is 26.0 Å². The first kappa shape index (κ1) is 22.8. The van der Waals surface area contributed by atoms with Crippen molar-refractivity contribution in [1.29, 1.82) is 0 Å². The molecule has 0 saturated carbocycles. The van der Waals surface area contributed by atoms with Gasteiger partial charge in [0.15, 0.2) is 11.5 Å². The minimum Gasteiger partial charge on any atom is -0.497 e. The Balaban J connectivity index is 1.71. The maximum atomic E-state index is 12.8. The minimum absolute atomic E-state index is 0.0817. The molecule has 0 aliphatic carbocycles. The second-order valence-corrected chi connectivity index (χ2v) is 8.97. The third-order valence-corrected chi connectivity index (χ3v) is 5.28. The van der Waals surface area contributed by atoms with Gasteiger partial charge < -0.3 is 24.0 Å². The van der Waals surface area contributed by atoms with Crippen molar-refractivity contribution < 1.29 is 19.0 Å². The summed E-state index contributed by atoms with van der Waals surface area (Å²) in [4.78, 5) is 21.5. The monoisotopic (exact) mass is 453 g/mol. The van der Waals surface area contributed by atoms with Gasteiger partial charge in [-0.1, -0.05) is 12.1 Å². The Labute approximate surface area is 193 Å². The van der Waals surface area contributed by atoms with Crippen LogP contribution in [0.2, 0.25) is 0 Å². The van der Waals surface area contributed by atoms with E-state index in [0.29, 0.717) is 25.4 Å². The lowest BCUT2D eigenvalue weighted by molar-refractivity contribution is -0.153. The fourth-order valence-corrected chi connectivity index (χ4v) is 3.77. The number of benzene rings is 1. The van der Waals surface area contributed by atoms with Crippen LogP contribution >= 0.6 is 0 Å². The summed E-state index contributed by atoms with van der Waals surface area (Å²) in [5.41, 5.74) is 1.97. The predicted octanol–water partition coefficient (Wildman–Crippen LogP) is 2.92. The average Bonchev–Trinajstić information content (AvgIpc) is 3.26. The highest BCUT2D eigenvalue weighted by molar-refractivity contribution is 5.80. The van der Waals surface area contributed by atoms with Crippen LogP contribution in [0, 0.1) is 0 Å². The van der Waals surface area contributed by atoms with E-state index in [-0.39, 0.29) is 12.5 Å². The molecule has 4 rings (SSSR count). The summed E-state index contributed by atoms with van der Waals surface area (Å²) in [6.45, 7) is 9.03. The number of carbonyl (C=O) groups excluding carboxylic acids is 1. The van der Waals surface area contributed by atoms with Gasteiger partial charge in [-0.15, -0.1) is 5.10 Å². The van der Waals surface area contributed by atoms with Crippen LogP contribution in [0.5, 0.6) is 5.75 Å². The molecule has 1 aromatic carbocycles. The second kappa shape index (κ2) is 9.66. The van der Waals surface area contributed by atoms with E-state index in [0.717, 1.165) is 35.9 Å². The number of nitrogens with zero attached hydrogens (tertiary/aromatic N) is 5.